The lowest BCUT2D eigenvalue weighted by atomic mass is 9.92. The number of aliphatic hydroxyl groups excluding tert-OH is 1. The van der Waals surface area contributed by atoms with Crippen LogP contribution in [0.5, 0.6) is 0 Å². The molecule has 23 nitrogen and oxygen atoms in total. The van der Waals surface area contributed by atoms with E-state index in [1.54, 1.807) is 46.8 Å². The van der Waals surface area contributed by atoms with Crippen LogP contribution in [0.4, 0.5) is 0 Å². The Kier molecular flexibility index (Phi) is 30.5. The molecule has 1 rings (SSSR count). The minimum Gasteiger partial charge on any atom is -0.390 e. The SMILES string of the molecule is C/C=C/C[C@@H](C)[C@@H](O)[C@H]1C(=O)N[C@@H](CC)C(=O)N(C)CC(=O)N(C)[C@@H](CC(C)C)C(=O)NC(C(C)C)C(=O)N(C)[C@@H](CC(C)C)C(=O)N[C@@H](C)C(=O)N[C@H](C)C(=O)N(C)[C@@H](CC(C)C)C(=O)N(C)[C@@H](CC(C)C)C(=O)N(C)CC(=O)N1C. The first-order valence-electron chi connectivity index (χ1n) is 29.2. The first-order valence-corrected chi connectivity index (χ1v) is 29.2. The highest BCUT2D eigenvalue weighted by Gasteiger charge is 2.43. The van der Waals surface area contributed by atoms with Crippen molar-refractivity contribution >= 4 is 65.0 Å². The number of rotatable bonds is 14. The Balaban J connectivity index is 4.17. The van der Waals surface area contributed by atoms with E-state index in [0.29, 0.717) is 6.42 Å². The van der Waals surface area contributed by atoms with Crippen molar-refractivity contribution in [2.24, 2.45) is 35.5 Å². The summed E-state index contributed by atoms with van der Waals surface area (Å²) in [4.78, 5) is 166. The second-order valence-electron chi connectivity index (χ2n) is 24.7. The summed E-state index contributed by atoms with van der Waals surface area (Å²) in [5, 5.41) is 22.8. The lowest BCUT2D eigenvalue weighted by Gasteiger charge is -2.38. The van der Waals surface area contributed by atoms with E-state index in [1.807, 2.05) is 55.4 Å². The van der Waals surface area contributed by atoms with Gasteiger partial charge in [-0.3, -0.25) is 52.7 Å². The van der Waals surface area contributed by atoms with Crippen molar-refractivity contribution in [2.75, 3.05) is 62.4 Å². The fraction of sp³-hybridized carbons (Fsp3) is 0.780. The molecule has 5 N–H and O–H groups in total. The Morgan fingerprint density at radius 3 is 1.34 bits per heavy atom. The van der Waals surface area contributed by atoms with Crippen LogP contribution < -0.4 is 21.3 Å². The number of aliphatic hydroxyl groups is 1. The van der Waals surface area contributed by atoms with Gasteiger partial charge < -0.3 is 60.7 Å². The van der Waals surface area contributed by atoms with Gasteiger partial charge in [0.1, 0.15) is 54.4 Å². The molecule has 0 radical (unpaired) electrons. The number of nitrogens with one attached hydrogen (secondary N) is 4. The van der Waals surface area contributed by atoms with E-state index in [9.17, 15) is 57.8 Å². The third-order valence-corrected chi connectivity index (χ3v) is 15.2. The number of nitrogens with zero attached hydrogens (tertiary/aromatic N) is 7. The van der Waals surface area contributed by atoms with Gasteiger partial charge in [-0.15, -0.1) is 0 Å². The third-order valence-electron chi connectivity index (χ3n) is 15.2. The Hall–Kier alpha value is -6.13. The number of carbonyl (C=O) groups excluding carboxylic acids is 11. The normalized spacial score (nSPS) is 26.5. The van der Waals surface area contributed by atoms with E-state index in [2.05, 4.69) is 21.3 Å². The Morgan fingerprint density at radius 1 is 0.476 bits per heavy atom. The summed E-state index contributed by atoms with van der Waals surface area (Å²) in [5.41, 5.74) is 0. The number of hydrogen-bond acceptors (Lipinski definition) is 12. The van der Waals surface area contributed by atoms with E-state index in [1.165, 1.54) is 82.8 Å². The monoisotopic (exact) mass is 1160 g/mol. The molecule has 1 aliphatic rings. The Morgan fingerprint density at radius 2 is 0.878 bits per heavy atom. The van der Waals surface area contributed by atoms with E-state index in [4.69, 9.17) is 0 Å². The lowest BCUT2D eigenvalue weighted by Crippen LogP contribution is -2.61. The van der Waals surface area contributed by atoms with Gasteiger partial charge in [0, 0.05) is 49.3 Å². The van der Waals surface area contributed by atoms with Crippen LogP contribution >= 0.6 is 0 Å². The molecule has 1 heterocycles. The van der Waals surface area contributed by atoms with Gasteiger partial charge in [-0.05, 0) is 94.8 Å². The molecule has 1 aliphatic heterocycles. The van der Waals surface area contributed by atoms with E-state index in [0.717, 1.165) is 14.7 Å². The molecular weight excluding hydrogens is 1050 g/mol. The highest BCUT2D eigenvalue weighted by molar-refractivity contribution is 5.99. The van der Waals surface area contributed by atoms with E-state index >= 15 is 0 Å². The molecule has 0 saturated carbocycles. The zero-order chi connectivity index (χ0) is 63.5. The molecule has 1 saturated heterocycles. The van der Waals surface area contributed by atoms with Crippen LogP contribution in [0.3, 0.4) is 0 Å². The number of hydrogen-bond donors (Lipinski definition) is 5. The molecule has 0 aromatic heterocycles. The zero-order valence-electron chi connectivity index (χ0n) is 53.6. The minimum absolute atomic E-state index is 0.0282. The summed E-state index contributed by atoms with van der Waals surface area (Å²) in [6, 6.07) is -11.0. The summed E-state index contributed by atoms with van der Waals surface area (Å²) in [7, 11) is 9.78. The van der Waals surface area contributed by atoms with E-state index in [-0.39, 0.29) is 55.8 Å². The summed E-state index contributed by atoms with van der Waals surface area (Å²) in [6.07, 6.45) is 3.07. The molecule has 0 aromatic rings. The van der Waals surface area contributed by atoms with Gasteiger partial charge in [-0.1, -0.05) is 95.2 Å². The third kappa shape index (κ3) is 21.2. The van der Waals surface area contributed by atoms with Crippen LogP contribution in [-0.2, 0) is 52.7 Å². The van der Waals surface area contributed by atoms with Crippen LogP contribution in [-0.4, -0.2) is 227 Å². The van der Waals surface area contributed by atoms with Crippen LogP contribution in [0.2, 0.25) is 0 Å². The quantitative estimate of drug-likeness (QED) is 0.157. The number of amides is 11. The van der Waals surface area contributed by atoms with Gasteiger partial charge >= 0.3 is 0 Å². The van der Waals surface area contributed by atoms with Gasteiger partial charge in [-0.25, -0.2) is 0 Å². The summed E-state index contributed by atoms with van der Waals surface area (Å²) < 4.78 is 0. The van der Waals surface area contributed by atoms with Gasteiger partial charge in [0.2, 0.25) is 65.0 Å². The standard InChI is InChI=1S/C59H105N11O12/c1-23-25-26-38(13)50(73)49-54(77)62-41(24-2)56(79)64(16)31-46(71)66(18)42(27-33(3)4)53(76)63-48(37(11)12)59(82)67(19)43(28-34(5)6)52(75)60-39(14)51(74)61-40(15)55(78)68(20)45(30-36(9)10)58(81)69(21)44(29-35(7)8)57(80)65(17)32-47(72)70(49)22/h23,25,33-45,48-50,73H,24,26-32H2,1-22H3,(H,60,75)(H,61,74)(H,62,77)(H,63,76)/b25-23+/t38-,39+,40-,41+,42+,43+,44+,45+,48?,49+,50-/m1/s1. The van der Waals surface area contributed by atoms with Crippen molar-refractivity contribution in [3.05, 3.63) is 12.2 Å². The molecule has 0 bridgehead atoms. The predicted molar refractivity (Wildman–Crippen MR) is 315 cm³/mol. The van der Waals surface area contributed by atoms with Crippen molar-refractivity contribution in [1.82, 2.24) is 55.6 Å². The zero-order valence-corrected chi connectivity index (χ0v) is 53.6. The second-order valence-corrected chi connectivity index (χ2v) is 24.7. The number of carbonyl (C=O) groups is 11. The number of likely N-dealkylation sites (N-methyl/N-ethyl adjacent to an activating group) is 7. The summed E-state index contributed by atoms with van der Waals surface area (Å²) in [6.45, 7) is 25.2. The molecule has 11 amide bonds. The lowest BCUT2D eigenvalue weighted by molar-refractivity contribution is -0.153. The van der Waals surface area contributed by atoms with Gasteiger partial charge in [0.05, 0.1) is 19.2 Å². The fourth-order valence-corrected chi connectivity index (χ4v) is 9.87. The maximum atomic E-state index is 14.7. The highest BCUT2D eigenvalue weighted by atomic mass is 16.3. The first-order chi connectivity index (χ1) is 37.9. The van der Waals surface area contributed by atoms with Crippen molar-refractivity contribution in [2.45, 2.75) is 203 Å². The van der Waals surface area contributed by atoms with Gasteiger partial charge in [0.25, 0.3) is 0 Å². The van der Waals surface area contributed by atoms with Crippen LogP contribution in [0, 0.1) is 35.5 Å². The fourth-order valence-electron chi connectivity index (χ4n) is 9.87. The molecule has 0 spiro atoms. The first kappa shape index (κ1) is 73.9. The molecule has 82 heavy (non-hydrogen) atoms. The molecule has 23 heteroatoms. The van der Waals surface area contributed by atoms with Crippen molar-refractivity contribution in [1.29, 1.82) is 0 Å². The largest absolute Gasteiger partial charge is 0.390 e. The Labute approximate surface area is 489 Å². The number of allylic oxidation sites excluding steroid dienone is 2. The van der Waals surface area contributed by atoms with Crippen LogP contribution in [0.15, 0.2) is 12.2 Å². The Bertz CT molecular complexity index is 2240. The molecule has 1 fully saturated rings. The average molecular weight is 1160 g/mol. The molecule has 0 aliphatic carbocycles. The summed E-state index contributed by atoms with van der Waals surface area (Å²) >= 11 is 0. The van der Waals surface area contributed by atoms with Crippen molar-refractivity contribution < 1.29 is 57.8 Å². The van der Waals surface area contributed by atoms with Crippen LogP contribution in [0.1, 0.15) is 142 Å². The molecule has 468 valence electrons. The highest BCUT2D eigenvalue weighted by Crippen LogP contribution is 2.23. The summed E-state index contributed by atoms with van der Waals surface area (Å²) in [5.74, 6) is -9.12. The molecule has 1 unspecified atom stereocenters. The van der Waals surface area contributed by atoms with E-state index < -0.39 is 150 Å². The topological polar surface area (TPSA) is 279 Å². The average Bonchev–Trinajstić information content (AvgIpc) is 3.55. The van der Waals surface area contributed by atoms with Gasteiger partial charge in [-0.2, -0.15) is 0 Å². The molecule has 11 atom stereocenters. The van der Waals surface area contributed by atoms with Crippen molar-refractivity contribution in [3.8, 4) is 0 Å². The minimum atomic E-state index is -1.58. The van der Waals surface area contributed by atoms with Gasteiger partial charge in [0.15, 0.2) is 0 Å². The predicted octanol–water partition coefficient (Wildman–Crippen LogP) is 2.24. The van der Waals surface area contributed by atoms with Crippen LogP contribution in [0.25, 0.3) is 0 Å². The smallest absolute Gasteiger partial charge is 0.246 e. The second kappa shape index (κ2) is 33.8. The maximum absolute atomic E-state index is 14.7. The maximum Gasteiger partial charge on any atom is 0.246 e. The molecule has 0 aromatic carbocycles. The molecular formula is C59H105N11O12. The van der Waals surface area contributed by atoms with Crippen molar-refractivity contribution in [3.63, 3.8) is 0 Å².